The van der Waals surface area contributed by atoms with E-state index in [4.69, 9.17) is 0 Å². The van der Waals surface area contributed by atoms with Gasteiger partial charge < -0.3 is 15.7 Å². The third-order valence-corrected chi connectivity index (χ3v) is 6.01. The fourth-order valence-corrected chi connectivity index (χ4v) is 4.14. The molecule has 1 atom stereocenters. The van der Waals surface area contributed by atoms with Gasteiger partial charge in [0.25, 0.3) is 0 Å². The number of nitrogens with one attached hydrogen (secondary N) is 2. The Hall–Kier alpha value is -1.31. The van der Waals surface area contributed by atoms with Gasteiger partial charge in [-0.25, -0.2) is 13.2 Å². The van der Waals surface area contributed by atoms with Crippen molar-refractivity contribution in [3.8, 4) is 0 Å². The number of sulfone groups is 1. The Morgan fingerprint density at radius 2 is 1.90 bits per heavy atom. The maximum Gasteiger partial charge on any atom is 0.315 e. The highest BCUT2D eigenvalue weighted by molar-refractivity contribution is 7.91. The second kappa shape index (κ2) is 7.11. The van der Waals surface area contributed by atoms with Crippen molar-refractivity contribution in [3.63, 3.8) is 0 Å². The van der Waals surface area contributed by atoms with Crippen LogP contribution in [0, 0.1) is 5.41 Å². The third kappa shape index (κ3) is 4.87. The molecule has 1 rings (SSSR count). The molecule has 0 bridgehead atoms. The van der Waals surface area contributed by atoms with E-state index in [1.807, 2.05) is 0 Å². The van der Waals surface area contributed by atoms with Crippen molar-refractivity contribution in [1.82, 2.24) is 10.6 Å². The average molecular weight is 320 g/mol. The van der Waals surface area contributed by atoms with Crippen LogP contribution in [-0.4, -0.2) is 49.6 Å². The first kappa shape index (κ1) is 17.7. The second-order valence-corrected chi connectivity index (χ2v) is 7.80. The SMILES string of the molecule is CCC(CC)(CNC(=O)NC1CCCS(=O)(=O)C1)C(=O)O. The first-order valence-corrected chi connectivity index (χ1v) is 9.05. The highest BCUT2D eigenvalue weighted by atomic mass is 32.2. The predicted octanol–water partition coefficient (Wildman–Crippen LogP) is 0.754. The number of rotatable bonds is 6. The van der Waals surface area contributed by atoms with Crippen LogP contribution in [0.25, 0.3) is 0 Å². The molecular weight excluding hydrogens is 296 g/mol. The summed E-state index contributed by atoms with van der Waals surface area (Å²) in [6.07, 6.45) is 1.99. The van der Waals surface area contributed by atoms with Crippen molar-refractivity contribution in [1.29, 1.82) is 0 Å². The van der Waals surface area contributed by atoms with Crippen LogP contribution in [0.3, 0.4) is 0 Å². The number of hydrogen-bond donors (Lipinski definition) is 3. The molecule has 1 heterocycles. The molecular formula is C13H24N2O5S. The van der Waals surface area contributed by atoms with Crippen molar-refractivity contribution >= 4 is 21.8 Å². The van der Waals surface area contributed by atoms with Crippen molar-refractivity contribution in [2.24, 2.45) is 5.41 Å². The van der Waals surface area contributed by atoms with E-state index in [0.29, 0.717) is 25.7 Å². The zero-order chi connectivity index (χ0) is 16.1. The van der Waals surface area contributed by atoms with E-state index < -0.39 is 33.3 Å². The maximum atomic E-state index is 11.8. The average Bonchev–Trinajstić information content (AvgIpc) is 2.39. The Bertz CT molecular complexity index is 485. The Morgan fingerprint density at radius 1 is 1.29 bits per heavy atom. The van der Waals surface area contributed by atoms with E-state index >= 15 is 0 Å². The van der Waals surface area contributed by atoms with Gasteiger partial charge in [0, 0.05) is 12.6 Å². The van der Waals surface area contributed by atoms with E-state index in [2.05, 4.69) is 10.6 Å². The zero-order valence-electron chi connectivity index (χ0n) is 12.5. The first-order chi connectivity index (χ1) is 9.74. The molecule has 0 aromatic heterocycles. The number of hydrogen-bond acceptors (Lipinski definition) is 4. The van der Waals surface area contributed by atoms with E-state index in [0.717, 1.165) is 0 Å². The molecule has 0 aromatic carbocycles. The maximum absolute atomic E-state index is 11.8. The molecule has 0 aromatic rings. The second-order valence-electron chi connectivity index (χ2n) is 5.57. The molecule has 1 fully saturated rings. The number of carbonyl (C=O) groups excluding carboxylic acids is 1. The van der Waals surface area contributed by atoms with Gasteiger partial charge in [-0.05, 0) is 25.7 Å². The number of carboxylic acids is 1. The minimum absolute atomic E-state index is 0.0284. The topological polar surface area (TPSA) is 113 Å². The Balaban J connectivity index is 2.52. The Labute approximate surface area is 125 Å². The molecule has 1 aliphatic heterocycles. The van der Waals surface area contributed by atoms with Crippen molar-refractivity contribution in [2.45, 2.75) is 45.6 Å². The van der Waals surface area contributed by atoms with Crippen LogP contribution in [-0.2, 0) is 14.6 Å². The fourth-order valence-electron chi connectivity index (χ4n) is 2.50. The highest BCUT2D eigenvalue weighted by Crippen LogP contribution is 2.25. The molecule has 1 aliphatic rings. The zero-order valence-corrected chi connectivity index (χ0v) is 13.3. The molecule has 7 nitrogen and oxygen atoms in total. The molecule has 3 N–H and O–H groups in total. The summed E-state index contributed by atoms with van der Waals surface area (Å²) in [7, 11) is -3.08. The lowest BCUT2D eigenvalue weighted by Crippen LogP contribution is -2.50. The third-order valence-electron chi connectivity index (χ3n) is 4.19. The van der Waals surface area contributed by atoms with Crippen LogP contribution in [0.5, 0.6) is 0 Å². The molecule has 2 amide bonds. The molecule has 122 valence electrons. The van der Waals surface area contributed by atoms with Crippen LogP contribution in [0.1, 0.15) is 39.5 Å². The summed E-state index contributed by atoms with van der Waals surface area (Å²) < 4.78 is 23.0. The van der Waals surface area contributed by atoms with Gasteiger partial charge in [-0.2, -0.15) is 0 Å². The largest absolute Gasteiger partial charge is 0.481 e. The van der Waals surface area contributed by atoms with Gasteiger partial charge in [0.1, 0.15) is 0 Å². The van der Waals surface area contributed by atoms with Crippen molar-refractivity contribution in [3.05, 3.63) is 0 Å². The standard InChI is InChI=1S/C13H24N2O5S/c1-3-13(4-2,11(16)17)9-14-12(18)15-10-6-5-7-21(19,20)8-10/h10H,3-9H2,1-2H3,(H,16,17)(H2,14,15,18). The molecule has 21 heavy (non-hydrogen) atoms. The first-order valence-electron chi connectivity index (χ1n) is 7.23. The number of carbonyl (C=O) groups is 2. The molecule has 0 aliphatic carbocycles. The van der Waals surface area contributed by atoms with Crippen LogP contribution >= 0.6 is 0 Å². The minimum atomic E-state index is -3.08. The smallest absolute Gasteiger partial charge is 0.315 e. The molecule has 8 heteroatoms. The summed E-state index contributed by atoms with van der Waals surface area (Å²) in [4.78, 5) is 23.1. The molecule has 0 spiro atoms. The van der Waals surface area contributed by atoms with Crippen LogP contribution < -0.4 is 10.6 Å². The fraction of sp³-hybridized carbons (Fsp3) is 0.846. The lowest BCUT2D eigenvalue weighted by molar-refractivity contribution is -0.149. The molecule has 0 radical (unpaired) electrons. The van der Waals surface area contributed by atoms with Crippen molar-refractivity contribution in [2.75, 3.05) is 18.1 Å². The number of urea groups is 1. The quantitative estimate of drug-likeness (QED) is 0.668. The Kier molecular flexibility index (Phi) is 6.00. The lowest BCUT2D eigenvalue weighted by atomic mass is 9.82. The highest BCUT2D eigenvalue weighted by Gasteiger charge is 2.35. The monoisotopic (exact) mass is 320 g/mol. The summed E-state index contributed by atoms with van der Waals surface area (Å²) in [5.74, 6) is -0.819. The predicted molar refractivity (Wildman–Crippen MR) is 78.9 cm³/mol. The number of carboxylic acid groups (broad SMARTS) is 1. The van der Waals surface area contributed by atoms with Crippen LogP contribution in [0.2, 0.25) is 0 Å². The van der Waals surface area contributed by atoms with Gasteiger partial charge in [-0.15, -0.1) is 0 Å². The van der Waals surface area contributed by atoms with Gasteiger partial charge in [-0.3, -0.25) is 4.79 Å². The summed E-state index contributed by atoms with van der Waals surface area (Å²) in [5, 5.41) is 14.4. The van der Waals surface area contributed by atoms with Gasteiger partial charge in [0.2, 0.25) is 0 Å². The van der Waals surface area contributed by atoms with Crippen LogP contribution in [0.15, 0.2) is 0 Å². The van der Waals surface area contributed by atoms with Crippen molar-refractivity contribution < 1.29 is 23.1 Å². The van der Waals surface area contributed by atoms with E-state index in [-0.39, 0.29) is 18.1 Å². The van der Waals surface area contributed by atoms with Gasteiger partial charge in [0.05, 0.1) is 16.9 Å². The van der Waals surface area contributed by atoms with Gasteiger partial charge >= 0.3 is 12.0 Å². The van der Waals surface area contributed by atoms with E-state index in [9.17, 15) is 23.1 Å². The molecule has 1 unspecified atom stereocenters. The summed E-state index contributed by atoms with van der Waals surface area (Å²) in [5.41, 5.74) is -0.976. The summed E-state index contributed by atoms with van der Waals surface area (Å²) >= 11 is 0. The normalized spacial score (nSPS) is 21.5. The van der Waals surface area contributed by atoms with Gasteiger partial charge in [0.15, 0.2) is 9.84 Å². The summed E-state index contributed by atoms with van der Waals surface area (Å²) in [6, 6.07) is -0.907. The lowest BCUT2D eigenvalue weighted by Gasteiger charge is -2.28. The molecule has 0 saturated carbocycles. The van der Waals surface area contributed by atoms with E-state index in [1.165, 1.54) is 0 Å². The number of aliphatic carboxylic acids is 1. The van der Waals surface area contributed by atoms with Gasteiger partial charge in [-0.1, -0.05) is 13.8 Å². The Morgan fingerprint density at radius 3 is 2.38 bits per heavy atom. The van der Waals surface area contributed by atoms with E-state index in [1.54, 1.807) is 13.8 Å². The summed E-state index contributed by atoms with van der Waals surface area (Å²) in [6.45, 7) is 3.57. The van der Waals surface area contributed by atoms with Crippen LogP contribution in [0.4, 0.5) is 4.79 Å². The minimum Gasteiger partial charge on any atom is -0.481 e. The molecule has 1 saturated heterocycles. The number of amides is 2.